The van der Waals surface area contributed by atoms with E-state index in [1.807, 2.05) is 36.4 Å². The Kier molecular flexibility index (Phi) is 10.1. The average Bonchev–Trinajstić information content (AvgIpc) is 3.89. The zero-order chi connectivity index (χ0) is 47.6. The van der Waals surface area contributed by atoms with Crippen LogP contribution in [0.5, 0.6) is 0 Å². The zero-order valence-corrected chi connectivity index (χ0v) is 39.4. The molecule has 0 unspecified atom stereocenters. The number of hydrogen-bond acceptors (Lipinski definition) is 2. The minimum atomic E-state index is 0.535. The molecule has 70 heavy (non-hydrogen) atoms. The zero-order valence-electron chi connectivity index (χ0n) is 39.4. The van der Waals surface area contributed by atoms with Crippen LogP contribution >= 0.6 is 0 Å². The van der Waals surface area contributed by atoms with E-state index in [0.29, 0.717) is 11.1 Å². The van der Waals surface area contributed by atoms with Crippen LogP contribution in [0.3, 0.4) is 0 Å². The third kappa shape index (κ3) is 7.23. The molecule has 4 heteroatoms. The van der Waals surface area contributed by atoms with Crippen molar-refractivity contribution >= 4 is 43.6 Å². The van der Waals surface area contributed by atoms with E-state index in [0.717, 1.165) is 111 Å². The Morgan fingerprint density at radius 1 is 0.286 bits per heavy atom. The van der Waals surface area contributed by atoms with E-state index < -0.39 is 0 Å². The lowest BCUT2D eigenvalue weighted by molar-refractivity contribution is 1.13. The van der Waals surface area contributed by atoms with Crippen LogP contribution in [0.2, 0.25) is 0 Å². The lowest BCUT2D eigenvalue weighted by Gasteiger charge is -2.21. The van der Waals surface area contributed by atoms with E-state index in [9.17, 15) is 10.5 Å². The minimum absolute atomic E-state index is 0.535. The number of aryl methyl sites for hydroxylation is 4. The quantitative estimate of drug-likeness (QED) is 0.160. The summed E-state index contributed by atoms with van der Waals surface area (Å²) in [7, 11) is 0. The molecule has 0 saturated heterocycles. The highest BCUT2D eigenvalue weighted by molar-refractivity contribution is 6.14. The summed E-state index contributed by atoms with van der Waals surface area (Å²) in [6, 6.07) is 78.7. The van der Waals surface area contributed by atoms with Crippen molar-refractivity contribution in [2.45, 2.75) is 27.7 Å². The maximum absolute atomic E-state index is 11.1. The third-order valence-electron chi connectivity index (χ3n) is 13.9. The highest BCUT2D eigenvalue weighted by Crippen LogP contribution is 2.45. The van der Waals surface area contributed by atoms with Crippen LogP contribution in [0.25, 0.3) is 111 Å². The fourth-order valence-corrected chi connectivity index (χ4v) is 10.6. The summed E-state index contributed by atoms with van der Waals surface area (Å²) in [5, 5.41) is 25.6. The summed E-state index contributed by atoms with van der Waals surface area (Å²) in [5.41, 5.74) is 22.8. The molecular formula is C66H46N4. The SMILES string of the molecule is Cc1cccc(-c2ccc3c(c2)c2cc(-c4cccc(C)c4)ccc2n3-c2cc(C#N)cc(-n3c4ccc(-c5cccc(C)c5)cc4c4cc(-c5cccc(C)c5)ccc43)c2-c2ccc(C#N)cc2)c1. The topological polar surface area (TPSA) is 57.4 Å². The second-order valence-electron chi connectivity index (χ2n) is 18.8. The Morgan fingerprint density at radius 2 is 0.571 bits per heavy atom. The maximum atomic E-state index is 11.1. The molecule has 0 amide bonds. The van der Waals surface area contributed by atoms with E-state index in [1.54, 1.807) is 0 Å². The Balaban J connectivity index is 1.20. The molecule has 12 rings (SSSR count). The first-order chi connectivity index (χ1) is 34.2. The minimum Gasteiger partial charge on any atom is -0.308 e. The van der Waals surface area contributed by atoms with E-state index >= 15 is 0 Å². The summed E-state index contributed by atoms with van der Waals surface area (Å²) in [4.78, 5) is 0. The van der Waals surface area contributed by atoms with Gasteiger partial charge in [-0.15, -0.1) is 0 Å². The number of nitrogens with zero attached hydrogens (tertiary/aromatic N) is 4. The molecule has 0 atom stereocenters. The van der Waals surface area contributed by atoms with E-state index in [2.05, 4.69) is 219 Å². The van der Waals surface area contributed by atoms with Crippen LogP contribution in [-0.4, -0.2) is 9.13 Å². The van der Waals surface area contributed by atoms with Gasteiger partial charge in [0.2, 0.25) is 0 Å². The average molecular weight is 895 g/mol. The molecule has 0 aliphatic heterocycles. The van der Waals surface area contributed by atoms with Crippen molar-refractivity contribution in [1.29, 1.82) is 10.5 Å². The van der Waals surface area contributed by atoms with Gasteiger partial charge in [0, 0.05) is 27.1 Å². The summed E-state index contributed by atoms with van der Waals surface area (Å²) >= 11 is 0. The molecule has 0 bridgehead atoms. The highest BCUT2D eigenvalue weighted by atomic mass is 15.0. The van der Waals surface area contributed by atoms with Crippen molar-refractivity contribution in [3.05, 3.63) is 240 Å². The van der Waals surface area contributed by atoms with Crippen molar-refractivity contribution in [3.8, 4) is 79.1 Å². The van der Waals surface area contributed by atoms with Gasteiger partial charge in [-0.3, -0.25) is 0 Å². The number of nitriles is 2. The van der Waals surface area contributed by atoms with Crippen molar-refractivity contribution in [3.63, 3.8) is 0 Å². The molecule has 4 nitrogen and oxygen atoms in total. The fraction of sp³-hybridized carbons (Fsp3) is 0.0606. The van der Waals surface area contributed by atoms with Gasteiger partial charge >= 0.3 is 0 Å². The van der Waals surface area contributed by atoms with Gasteiger partial charge in [0.1, 0.15) is 0 Å². The predicted octanol–water partition coefficient (Wildman–Crippen LogP) is 17.2. The first kappa shape index (κ1) is 42.2. The molecule has 2 heterocycles. The Morgan fingerprint density at radius 3 is 0.857 bits per heavy atom. The van der Waals surface area contributed by atoms with Crippen LogP contribution < -0.4 is 0 Å². The van der Waals surface area contributed by atoms with Gasteiger partial charge in [-0.1, -0.05) is 156 Å². The maximum Gasteiger partial charge on any atom is 0.0993 e. The van der Waals surface area contributed by atoms with Gasteiger partial charge in [-0.2, -0.15) is 10.5 Å². The molecule has 0 N–H and O–H groups in total. The molecule has 10 aromatic carbocycles. The van der Waals surface area contributed by atoms with Crippen molar-refractivity contribution in [2.75, 3.05) is 0 Å². The molecule has 0 saturated carbocycles. The summed E-state index contributed by atoms with van der Waals surface area (Å²) in [5.74, 6) is 0. The van der Waals surface area contributed by atoms with Gasteiger partial charge in [0.25, 0.3) is 0 Å². The monoisotopic (exact) mass is 894 g/mol. The fourth-order valence-electron chi connectivity index (χ4n) is 10.6. The van der Waals surface area contributed by atoms with E-state index in [4.69, 9.17) is 0 Å². The van der Waals surface area contributed by atoms with Crippen molar-refractivity contribution < 1.29 is 0 Å². The molecular weight excluding hydrogens is 849 g/mol. The van der Waals surface area contributed by atoms with Crippen LogP contribution in [0.4, 0.5) is 0 Å². The summed E-state index contributed by atoms with van der Waals surface area (Å²) in [6.45, 7) is 8.54. The second-order valence-corrected chi connectivity index (χ2v) is 18.8. The Bertz CT molecular complexity index is 3750. The number of rotatable bonds is 7. The lowest BCUT2D eigenvalue weighted by Crippen LogP contribution is -2.05. The molecule has 0 spiro atoms. The predicted molar refractivity (Wildman–Crippen MR) is 291 cm³/mol. The molecule has 0 aliphatic carbocycles. The van der Waals surface area contributed by atoms with Gasteiger partial charge in [-0.25, -0.2) is 0 Å². The van der Waals surface area contributed by atoms with E-state index in [-0.39, 0.29) is 0 Å². The smallest absolute Gasteiger partial charge is 0.0993 e. The number of hydrogen-bond donors (Lipinski definition) is 0. The first-order valence-corrected chi connectivity index (χ1v) is 23.8. The Hall–Kier alpha value is -9.22. The second kappa shape index (κ2) is 16.8. The third-order valence-corrected chi connectivity index (χ3v) is 13.9. The molecule has 0 radical (unpaired) electrons. The number of aromatic nitrogens is 2. The normalized spacial score (nSPS) is 11.4. The molecule has 0 fully saturated rings. The molecule has 330 valence electrons. The lowest BCUT2D eigenvalue weighted by atomic mass is 9.97. The first-order valence-electron chi connectivity index (χ1n) is 23.8. The molecule has 0 aliphatic rings. The summed E-state index contributed by atoms with van der Waals surface area (Å²) in [6.07, 6.45) is 0. The van der Waals surface area contributed by atoms with E-state index in [1.165, 1.54) is 22.3 Å². The Labute approximate surface area is 407 Å². The van der Waals surface area contributed by atoms with Crippen molar-refractivity contribution in [1.82, 2.24) is 9.13 Å². The largest absolute Gasteiger partial charge is 0.308 e. The van der Waals surface area contributed by atoms with Crippen molar-refractivity contribution in [2.24, 2.45) is 0 Å². The van der Waals surface area contributed by atoms with Crippen LogP contribution in [0.1, 0.15) is 33.4 Å². The van der Waals surface area contributed by atoms with Crippen LogP contribution in [0.15, 0.2) is 206 Å². The highest BCUT2D eigenvalue weighted by Gasteiger charge is 2.25. The van der Waals surface area contributed by atoms with Gasteiger partial charge in [0.05, 0.1) is 56.7 Å². The van der Waals surface area contributed by atoms with Gasteiger partial charge in [-0.05, 0) is 151 Å². The van der Waals surface area contributed by atoms with Gasteiger partial charge in [0.15, 0.2) is 0 Å². The molecule has 12 aromatic rings. The number of fused-ring (bicyclic) bond motifs is 6. The standard InChI is InChI=1S/C66H46N4/c1-41-9-5-13-48(29-41)52-21-25-60-56(35-52)57-36-53(49-14-6-10-42(2)30-49)22-26-61(57)69(60)64-33-46(40-68)34-65(66(64)47-19-17-45(39-67)18-20-47)70-62-27-23-54(50-15-7-11-43(3)31-50)37-58(62)59-38-55(24-28-63(59)70)51-16-8-12-44(4)32-51/h5-38H,1-4H3. The van der Waals surface area contributed by atoms with Gasteiger partial charge < -0.3 is 9.13 Å². The summed E-state index contributed by atoms with van der Waals surface area (Å²) < 4.78 is 4.70. The molecule has 2 aromatic heterocycles. The van der Waals surface area contributed by atoms with Crippen LogP contribution in [-0.2, 0) is 0 Å². The van der Waals surface area contributed by atoms with Crippen LogP contribution in [0, 0.1) is 50.4 Å². The number of benzene rings is 10.